The summed E-state index contributed by atoms with van der Waals surface area (Å²) >= 11 is 0. The molecule has 0 amide bonds. The van der Waals surface area contributed by atoms with Gasteiger partial charge >= 0.3 is 5.97 Å². The number of benzene rings is 1. The monoisotopic (exact) mass is 247 g/mol. The fourth-order valence-electron chi connectivity index (χ4n) is 2.61. The molecule has 0 spiro atoms. The van der Waals surface area contributed by atoms with Gasteiger partial charge in [0.15, 0.2) is 0 Å². The van der Waals surface area contributed by atoms with E-state index in [9.17, 15) is 4.79 Å². The largest absolute Gasteiger partial charge is 0.478 e. The minimum atomic E-state index is -0.867. The number of carboxylic acids is 1. The third-order valence-corrected chi connectivity index (χ3v) is 4.29. The Hall–Kier alpha value is -1.51. The van der Waals surface area contributed by atoms with Gasteiger partial charge < -0.3 is 10.4 Å². The van der Waals surface area contributed by atoms with E-state index in [1.165, 1.54) is 25.7 Å². The lowest BCUT2D eigenvalue weighted by Crippen LogP contribution is -2.35. The van der Waals surface area contributed by atoms with Crippen LogP contribution >= 0.6 is 0 Å². The molecule has 1 aliphatic carbocycles. The quantitative estimate of drug-likeness (QED) is 0.834. The van der Waals surface area contributed by atoms with Crippen LogP contribution < -0.4 is 5.32 Å². The summed E-state index contributed by atoms with van der Waals surface area (Å²) in [6.45, 7) is 5.20. The molecule has 0 saturated heterocycles. The van der Waals surface area contributed by atoms with Crippen LogP contribution in [0.3, 0.4) is 0 Å². The maximum atomic E-state index is 10.9. The number of carbonyl (C=O) groups is 1. The average molecular weight is 247 g/mol. The van der Waals surface area contributed by atoms with Gasteiger partial charge in [0.1, 0.15) is 0 Å². The van der Waals surface area contributed by atoms with Gasteiger partial charge in [0.25, 0.3) is 0 Å². The minimum absolute atomic E-state index is 0.354. The molecule has 18 heavy (non-hydrogen) atoms. The summed E-state index contributed by atoms with van der Waals surface area (Å²) in [4.78, 5) is 10.9. The summed E-state index contributed by atoms with van der Waals surface area (Å²) in [5.41, 5.74) is 2.88. The second-order valence-corrected chi connectivity index (χ2v) is 5.40. The van der Waals surface area contributed by atoms with Crippen molar-refractivity contribution in [2.75, 3.05) is 11.9 Å². The Kier molecular flexibility index (Phi) is 3.60. The van der Waals surface area contributed by atoms with Crippen LogP contribution in [-0.4, -0.2) is 17.6 Å². The number of carboxylic acid groups (broad SMARTS) is 1. The summed E-state index contributed by atoms with van der Waals surface area (Å²) in [6.07, 6.45) is 5.17. The molecule has 1 aromatic rings. The van der Waals surface area contributed by atoms with Crippen molar-refractivity contribution in [3.05, 3.63) is 29.3 Å². The molecular weight excluding hydrogens is 226 g/mol. The van der Waals surface area contributed by atoms with Crippen LogP contribution in [0.2, 0.25) is 0 Å². The number of aryl methyl sites for hydroxylation is 1. The lowest BCUT2D eigenvalue weighted by Gasteiger charge is -2.41. The summed E-state index contributed by atoms with van der Waals surface area (Å²) in [5, 5.41) is 12.4. The van der Waals surface area contributed by atoms with Crippen molar-refractivity contribution in [2.45, 2.75) is 39.5 Å². The lowest BCUT2D eigenvalue weighted by molar-refractivity contribution is 0.0697. The molecule has 2 rings (SSSR count). The van der Waals surface area contributed by atoms with Crippen molar-refractivity contribution in [1.82, 2.24) is 0 Å². The molecule has 0 radical (unpaired) electrons. The minimum Gasteiger partial charge on any atom is -0.478 e. The summed E-state index contributed by atoms with van der Waals surface area (Å²) < 4.78 is 0. The maximum Gasteiger partial charge on any atom is 0.335 e. The molecule has 1 aliphatic rings. The third-order valence-electron chi connectivity index (χ3n) is 4.29. The van der Waals surface area contributed by atoms with Crippen molar-refractivity contribution in [3.8, 4) is 0 Å². The first-order chi connectivity index (χ1) is 8.56. The molecule has 3 nitrogen and oxygen atoms in total. The molecular formula is C15H21NO2. The molecule has 0 aliphatic heterocycles. The van der Waals surface area contributed by atoms with Gasteiger partial charge in [0.2, 0.25) is 0 Å². The van der Waals surface area contributed by atoms with Crippen molar-refractivity contribution in [2.24, 2.45) is 5.41 Å². The molecule has 0 aromatic heterocycles. The summed E-state index contributed by atoms with van der Waals surface area (Å²) in [5.74, 6) is -0.867. The van der Waals surface area contributed by atoms with Crippen LogP contribution in [0, 0.1) is 12.3 Å². The summed E-state index contributed by atoms with van der Waals surface area (Å²) in [7, 11) is 0. The van der Waals surface area contributed by atoms with E-state index in [1.54, 1.807) is 12.1 Å². The number of hydrogen-bond acceptors (Lipinski definition) is 2. The highest BCUT2D eigenvalue weighted by Gasteiger charge is 2.34. The van der Waals surface area contributed by atoms with Gasteiger partial charge in [-0.25, -0.2) is 4.79 Å². The Bertz CT molecular complexity index is 444. The molecule has 0 unspecified atom stereocenters. The Morgan fingerprint density at radius 2 is 2.17 bits per heavy atom. The number of nitrogens with one attached hydrogen (secondary N) is 1. The number of anilines is 1. The molecule has 1 fully saturated rings. The lowest BCUT2D eigenvalue weighted by atomic mass is 9.67. The fraction of sp³-hybridized carbons (Fsp3) is 0.533. The van der Waals surface area contributed by atoms with E-state index in [0.29, 0.717) is 11.0 Å². The van der Waals surface area contributed by atoms with E-state index in [4.69, 9.17) is 5.11 Å². The van der Waals surface area contributed by atoms with E-state index >= 15 is 0 Å². The first-order valence-electron chi connectivity index (χ1n) is 6.64. The second kappa shape index (κ2) is 5.01. The van der Waals surface area contributed by atoms with Crippen LogP contribution in [-0.2, 0) is 0 Å². The number of aromatic carboxylic acids is 1. The molecule has 98 valence electrons. The molecule has 3 heteroatoms. The van der Waals surface area contributed by atoms with E-state index in [0.717, 1.165) is 17.8 Å². The Morgan fingerprint density at radius 3 is 2.61 bits per heavy atom. The molecule has 0 heterocycles. The molecule has 0 bridgehead atoms. The second-order valence-electron chi connectivity index (χ2n) is 5.40. The highest BCUT2D eigenvalue weighted by molar-refractivity contribution is 5.88. The predicted octanol–water partition coefficient (Wildman–Crippen LogP) is 3.69. The topological polar surface area (TPSA) is 49.3 Å². The zero-order valence-electron chi connectivity index (χ0n) is 11.1. The first kappa shape index (κ1) is 12.9. The van der Waals surface area contributed by atoms with E-state index < -0.39 is 5.97 Å². The first-order valence-corrected chi connectivity index (χ1v) is 6.64. The normalized spacial score (nSPS) is 17.0. The molecule has 2 N–H and O–H groups in total. The maximum absolute atomic E-state index is 10.9. The Morgan fingerprint density at radius 1 is 1.44 bits per heavy atom. The van der Waals surface area contributed by atoms with Crippen LogP contribution in [0.4, 0.5) is 5.69 Å². The zero-order chi connectivity index (χ0) is 13.2. The van der Waals surface area contributed by atoms with Crippen LogP contribution in [0.1, 0.15) is 48.5 Å². The van der Waals surface area contributed by atoms with Crippen molar-refractivity contribution < 1.29 is 9.90 Å². The van der Waals surface area contributed by atoms with Gasteiger partial charge in [-0.1, -0.05) is 13.3 Å². The van der Waals surface area contributed by atoms with Gasteiger partial charge in [-0.05, 0) is 55.4 Å². The highest BCUT2D eigenvalue weighted by atomic mass is 16.4. The van der Waals surface area contributed by atoms with Gasteiger partial charge in [0, 0.05) is 12.2 Å². The average Bonchev–Trinajstić information content (AvgIpc) is 2.29. The standard InChI is InChI=1S/C15H21NO2/c1-3-15(7-4-8-15)10-16-13-6-5-12(14(17)18)9-11(13)2/h5-6,9,16H,3-4,7-8,10H2,1-2H3,(H,17,18). The number of rotatable bonds is 5. The van der Waals surface area contributed by atoms with E-state index in [-0.39, 0.29) is 0 Å². The van der Waals surface area contributed by atoms with E-state index in [2.05, 4.69) is 12.2 Å². The van der Waals surface area contributed by atoms with Crippen molar-refractivity contribution >= 4 is 11.7 Å². The van der Waals surface area contributed by atoms with Crippen LogP contribution in [0.15, 0.2) is 18.2 Å². The summed E-state index contributed by atoms with van der Waals surface area (Å²) in [6, 6.07) is 5.27. The van der Waals surface area contributed by atoms with Gasteiger partial charge in [0.05, 0.1) is 5.56 Å². The van der Waals surface area contributed by atoms with Crippen LogP contribution in [0.5, 0.6) is 0 Å². The predicted molar refractivity (Wildman–Crippen MR) is 73.2 cm³/mol. The Labute approximate surface area is 108 Å². The molecule has 1 saturated carbocycles. The SMILES string of the molecule is CCC1(CNc2ccc(C(=O)O)cc2C)CCC1. The van der Waals surface area contributed by atoms with Gasteiger partial charge in [-0.2, -0.15) is 0 Å². The smallest absolute Gasteiger partial charge is 0.335 e. The van der Waals surface area contributed by atoms with Gasteiger partial charge in [-0.3, -0.25) is 0 Å². The Balaban J connectivity index is 2.03. The fourth-order valence-corrected chi connectivity index (χ4v) is 2.61. The van der Waals surface area contributed by atoms with E-state index in [1.807, 2.05) is 13.0 Å². The van der Waals surface area contributed by atoms with Gasteiger partial charge in [-0.15, -0.1) is 0 Å². The highest BCUT2D eigenvalue weighted by Crippen LogP contribution is 2.43. The third kappa shape index (κ3) is 2.50. The molecule has 1 aromatic carbocycles. The van der Waals surface area contributed by atoms with Crippen molar-refractivity contribution in [1.29, 1.82) is 0 Å². The van der Waals surface area contributed by atoms with Crippen molar-refractivity contribution in [3.63, 3.8) is 0 Å². The molecule has 0 atom stereocenters. The number of hydrogen-bond donors (Lipinski definition) is 2. The zero-order valence-corrected chi connectivity index (χ0v) is 11.1. The van der Waals surface area contributed by atoms with Crippen LogP contribution in [0.25, 0.3) is 0 Å².